The normalized spacial score (nSPS) is 17.7. The average Bonchev–Trinajstić information content (AvgIpc) is 2.69. The molecule has 0 saturated heterocycles. The van der Waals surface area contributed by atoms with Crippen molar-refractivity contribution in [3.05, 3.63) is 0 Å². The molecule has 2 amide bonds. The Morgan fingerprint density at radius 1 is 1.18 bits per heavy atom. The fourth-order valence-corrected chi connectivity index (χ4v) is 1.96. The predicted molar refractivity (Wildman–Crippen MR) is 61.7 cm³/mol. The maximum absolute atomic E-state index is 11.3. The molecule has 0 bridgehead atoms. The molecule has 1 saturated carbocycles. The van der Waals surface area contributed by atoms with Gasteiger partial charge in [-0.2, -0.15) is 0 Å². The quantitative estimate of drug-likeness (QED) is 0.510. The van der Waals surface area contributed by atoms with Gasteiger partial charge in [-0.15, -0.1) is 0 Å². The molecule has 1 rings (SSSR count). The van der Waals surface area contributed by atoms with Crippen molar-refractivity contribution in [1.29, 1.82) is 0 Å². The molecule has 0 aliphatic heterocycles. The van der Waals surface area contributed by atoms with Crippen molar-refractivity contribution in [2.45, 2.75) is 44.1 Å². The molecule has 4 N–H and O–H groups in total. The summed E-state index contributed by atoms with van der Waals surface area (Å²) in [4.78, 5) is 21.5. The van der Waals surface area contributed by atoms with Crippen molar-refractivity contribution in [2.75, 3.05) is 13.1 Å². The minimum absolute atomic E-state index is 0.0459. The van der Waals surface area contributed by atoms with E-state index in [2.05, 4.69) is 10.6 Å². The maximum atomic E-state index is 11.3. The first-order valence-corrected chi connectivity index (χ1v) is 5.98. The topological polar surface area (TPSA) is 98.7 Å². The number of urea groups is 1. The highest BCUT2D eigenvalue weighted by Crippen LogP contribution is 2.28. The number of rotatable bonds is 6. The van der Waals surface area contributed by atoms with Crippen LogP contribution in [0.2, 0.25) is 0 Å². The molecule has 1 aliphatic rings. The molecule has 0 atom stereocenters. The van der Waals surface area contributed by atoms with Crippen molar-refractivity contribution in [1.82, 2.24) is 10.6 Å². The molecule has 0 heterocycles. The first-order valence-electron chi connectivity index (χ1n) is 5.98. The van der Waals surface area contributed by atoms with Crippen LogP contribution in [0.4, 0.5) is 4.79 Å². The first-order chi connectivity index (χ1) is 8.02. The molecule has 6 nitrogen and oxygen atoms in total. The lowest BCUT2D eigenvalue weighted by molar-refractivity contribution is -0.137. The number of carboxylic acids is 1. The van der Waals surface area contributed by atoms with E-state index in [0.717, 1.165) is 25.7 Å². The van der Waals surface area contributed by atoms with Crippen LogP contribution in [-0.4, -0.2) is 40.9 Å². The van der Waals surface area contributed by atoms with Crippen molar-refractivity contribution in [2.24, 2.45) is 0 Å². The van der Waals surface area contributed by atoms with Gasteiger partial charge in [-0.3, -0.25) is 4.79 Å². The summed E-state index contributed by atoms with van der Waals surface area (Å²) < 4.78 is 0. The van der Waals surface area contributed by atoms with Crippen LogP contribution in [0.1, 0.15) is 38.5 Å². The van der Waals surface area contributed by atoms with Gasteiger partial charge in [0.1, 0.15) is 0 Å². The standard InChI is InChI=1S/C11H20N2O4/c14-9(15)4-3-7-12-10(16)13-8-11(17)5-1-2-6-11/h17H,1-8H2,(H,14,15)(H2,12,13,16). The van der Waals surface area contributed by atoms with E-state index in [9.17, 15) is 14.7 Å². The molecule has 0 aromatic heterocycles. The monoisotopic (exact) mass is 244 g/mol. The lowest BCUT2D eigenvalue weighted by Crippen LogP contribution is -2.45. The van der Waals surface area contributed by atoms with Gasteiger partial charge in [0.15, 0.2) is 0 Å². The Balaban J connectivity index is 2.06. The van der Waals surface area contributed by atoms with Gasteiger partial charge in [-0.1, -0.05) is 12.8 Å². The summed E-state index contributed by atoms with van der Waals surface area (Å²) in [5.74, 6) is -0.868. The van der Waals surface area contributed by atoms with Crippen molar-refractivity contribution < 1.29 is 19.8 Å². The fraction of sp³-hybridized carbons (Fsp3) is 0.818. The van der Waals surface area contributed by atoms with E-state index in [1.807, 2.05) is 0 Å². The lowest BCUT2D eigenvalue weighted by Gasteiger charge is -2.22. The minimum Gasteiger partial charge on any atom is -0.481 e. The number of aliphatic hydroxyl groups is 1. The van der Waals surface area contributed by atoms with Crippen LogP contribution in [0.15, 0.2) is 0 Å². The largest absolute Gasteiger partial charge is 0.481 e. The molecular weight excluding hydrogens is 224 g/mol. The second-order valence-corrected chi connectivity index (χ2v) is 4.54. The molecule has 1 fully saturated rings. The molecule has 0 aromatic carbocycles. The molecule has 17 heavy (non-hydrogen) atoms. The zero-order chi connectivity index (χ0) is 12.7. The first kappa shape index (κ1) is 13.8. The third kappa shape index (κ3) is 5.53. The Labute approximate surface area is 100 Å². The molecule has 0 spiro atoms. The van der Waals surface area contributed by atoms with Gasteiger partial charge in [0, 0.05) is 19.5 Å². The smallest absolute Gasteiger partial charge is 0.314 e. The van der Waals surface area contributed by atoms with E-state index in [1.54, 1.807) is 0 Å². The van der Waals surface area contributed by atoms with Gasteiger partial charge in [0.25, 0.3) is 0 Å². The minimum atomic E-state index is -0.868. The van der Waals surface area contributed by atoms with Crippen LogP contribution >= 0.6 is 0 Å². The number of hydrogen-bond acceptors (Lipinski definition) is 3. The molecule has 0 aromatic rings. The van der Waals surface area contributed by atoms with E-state index in [-0.39, 0.29) is 19.0 Å². The summed E-state index contributed by atoms with van der Waals surface area (Å²) in [5.41, 5.74) is -0.752. The summed E-state index contributed by atoms with van der Waals surface area (Å²) in [5, 5.41) is 23.5. The van der Waals surface area contributed by atoms with Gasteiger partial charge in [-0.25, -0.2) is 4.79 Å². The Morgan fingerprint density at radius 3 is 2.41 bits per heavy atom. The molecule has 6 heteroatoms. The van der Waals surface area contributed by atoms with Crippen molar-refractivity contribution >= 4 is 12.0 Å². The third-order valence-corrected chi connectivity index (χ3v) is 2.97. The van der Waals surface area contributed by atoms with Gasteiger partial charge in [0.05, 0.1) is 5.60 Å². The number of nitrogens with one attached hydrogen (secondary N) is 2. The number of aliphatic carboxylic acids is 1. The predicted octanol–water partition coefficient (Wildman–Crippen LogP) is 0.455. The van der Waals surface area contributed by atoms with E-state index < -0.39 is 11.6 Å². The van der Waals surface area contributed by atoms with Crippen LogP contribution in [0, 0.1) is 0 Å². The van der Waals surface area contributed by atoms with Gasteiger partial charge >= 0.3 is 12.0 Å². The molecular formula is C11H20N2O4. The maximum Gasteiger partial charge on any atom is 0.314 e. The van der Waals surface area contributed by atoms with E-state index in [0.29, 0.717) is 13.0 Å². The third-order valence-electron chi connectivity index (χ3n) is 2.97. The van der Waals surface area contributed by atoms with E-state index in [4.69, 9.17) is 5.11 Å². The Bertz CT molecular complexity index is 275. The van der Waals surface area contributed by atoms with Crippen LogP contribution in [0.25, 0.3) is 0 Å². The van der Waals surface area contributed by atoms with Crippen molar-refractivity contribution in [3.63, 3.8) is 0 Å². The van der Waals surface area contributed by atoms with Crippen LogP contribution in [0.5, 0.6) is 0 Å². The van der Waals surface area contributed by atoms with Crippen LogP contribution in [0.3, 0.4) is 0 Å². The molecule has 98 valence electrons. The Morgan fingerprint density at radius 2 is 1.82 bits per heavy atom. The molecule has 0 radical (unpaired) electrons. The Hall–Kier alpha value is -1.30. The summed E-state index contributed by atoms with van der Waals surface area (Å²) in [7, 11) is 0. The molecule has 0 unspecified atom stereocenters. The summed E-state index contributed by atoms with van der Waals surface area (Å²) in [6.07, 6.45) is 3.91. The summed E-state index contributed by atoms with van der Waals surface area (Å²) in [6.45, 7) is 0.592. The number of carbonyl (C=O) groups excluding carboxylic acids is 1. The van der Waals surface area contributed by atoms with Crippen LogP contribution < -0.4 is 10.6 Å². The zero-order valence-corrected chi connectivity index (χ0v) is 9.87. The second kappa shape index (κ2) is 6.44. The van der Waals surface area contributed by atoms with Gasteiger partial charge in [-0.05, 0) is 19.3 Å². The highest BCUT2D eigenvalue weighted by molar-refractivity contribution is 5.74. The highest BCUT2D eigenvalue weighted by Gasteiger charge is 2.31. The number of hydrogen-bond donors (Lipinski definition) is 4. The van der Waals surface area contributed by atoms with Crippen molar-refractivity contribution in [3.8, 4) is 0 Å². The summed E-state index contributed by atoms with van der Waals surface area (Å²) in [6, 6.07) is -0.351. The zero-order valence-electron chi connectivity index (χ0n) is 9.87. The highest BCUT2D eigenvalue weighted by atomic mass is 16.4. The Kier molecular flexibility index (Phi) is 5.21. The summed E-state index contributed by atoms with van der Waals surface area (Å²) >= 11 is 0. The van der Waals surface area contributed by atoms with E-state index >= 15 is 0 Å². The van der Waals surface area contributed by atoms with E-state index in [1.165, 1.54) is 0 Å². The SMILES string of the molecule is O=C(O)CCCNC(=O)NCC1(O)CCCC1. The number of carboxylic acid groups (broad SMARTS) is 1. The average molecular weight is 244 g/mol. The fourth-order valence-electron chi connectivity index (χ4n) is 1.96. The van der Waals surface area contributed by atoms with Gasteiger partial charge < -0.3 is 20.8 Å². The van der Waals surface area contributed by atoms with Gasteiger partial charge in [0.2, 0.25) is 0 Å². The second-order valence-electron chi connectivity index (χ2n) is 4.54. The lowest BCUT2D eigenvalue weighted by atomic mass is 10.0. The number of amides is 2. The van der Waals surface area contributed by atoms with Crippen LogP contribution in [-0.2, 0) is 4.79 Å². The molecule has 1 aliphatic carbocycles. The number of carbonyl (C=O) groups is 2.